The molecule has 2 fully saturated rings. The Morgan fingerprint density at radius 3 is 2.33 bits per heavy atom. The van der Waals surface area contributed by atoms with E-state index < -0.39 is 5.60 Å². The van der Waals surface area contributed by atoms with E-state index in [9.17, 15) is 4.79 Å². The second-order valence-electron chi connectivity index (χ2n) is 8.30. The molecule has 140 valence electrons. The molecule has 0 aromatic rings. The third-order valence-electron chi connectivity index (χ3n) is 5.05. The van der Waals surface area contributed by atoms with E-state index in [1.807, 2.05) is 37.4 Å². The van der Waals surface area contributed by atoms with Crippen LogP contribution in [0.2, 0.25) is 0 Å². The smallest absolute Gasteiger partial charge is 0.410 e. The van der Waals surface area contributed by atoms with E-state index in [0.29, 0.717) is 18.1 Å². The van der Waals surface area contributed by atoms with Gasteiger partial charge in [-0.2, -0.15) is 11.8 Å². The summed E-state index contributed by atoms with van der Waals surface area (Å²) < 4.78 is 5.60. The summed E-state index contributed by atoms with van der Waals surface area (Å²) in [5.74, 6) is 1.29. The third-order valence-corrected chi connectivity index (χ3v) is 5.74. The number of ether oxygens (including phenoxy) is 1. The Kier molecular flexibility index (Phi) is 7.73. The van der Waals surface area contributed by atoms with E-state index >= 15 is 0 Å². The summed E-state index contributed by atoms with van der Waals surface area (Å²) in [5, 5.41) is 3.74. The van der Waals surface area contributed by atoms with Gasteiger partial charge in [0.1, 0.15) is 5.60 Å². The molecule has 2 aliphatic rings. The van der Waals surface area contributed by atoms with Gasteiger partial charge in [-0.3, -0.25) is 0 Å². The molecule has 0 aromatic carbocycles. The average Bonchev–Trinajstić information content (AvgIpc) is 2.76. The molecule has 24 heavy (non-hydrogen) atoms. The van der Waals surface area contributed by atoms with Crippen molar-refractivity contribution in [3.63, 3.8) is 0 Å². The zero-order valence-corrected chi connectivity index (χ0v) is 16.8. The lowest BCUT2D eigenvalue weighted by atomic mass is 9.97. The molecular formula is C19H36N2O2S. The number of piperidine rings is 1. The standard InChI is InChI=1S/C19H36N2O2S/c1-19(2,3)23-18(22)21-16-9-10-17(21)14-15(13-16)20-11-7-5-6-8-12-24-4/h15-17,20H,5-14H2,1-4H3. The topological polar surface area (TPSA) is 41.6 Å². The Labute approximate surface area is 152 Å². The van der Waals surface area contributed by atoms with Gasteiger partial charge in [0, 0.05) is 18.1 Å². The van der Waals surface area contributed by atoms with Crippen molar-refractivity contribution in [2.24, 2.45) is 0 Å². The second-order valence-corrected chi connectivity index (χ2v) is 9.29. The first kappa shape index (κ1) is 19.9. The van der Waals surface area contributed by atoms with Gasteiger partial charge < -0.3 is 15.0 Å². The monoisotopic (exact) mass is 356 g/mol. The number of hydrogen-bond acceptors (Lipinski definition) is 4. The average molecular weight is 357 g/mol. The minimum absolute atomic E-state index is 0.109. The van der Waals surface area contributed by atoms with Gasteiger partial charge in [-0.05, 0) is 77.8 Å². The summed E-state index contributed by atoms with van der Waals surface area (Å²) in [5.41, 5.74) is -0.401. The maximum absolute atomic E-state index is 12.4. The number of rotatable bonds is 8. The second kappa shape index (κ2) is 9.33. The molecule has 0 saturated carbocycles. The van der Waals surface area contributed by atoms with E-state index in [0.717, 1.165) is 32.2 Å². The van der Waals surface area contributed by atoms with E-state index in [1.165, 1.54) is 31.4 Å². The third kappa shape index (κ3) is 6.14. The molecule has 2 atom stereocenters. The summed E-state index contributed by atoms with van der Waals surface area (Å²) in [4.78, 5) is 14.5. The molecule has 1 N–H and O–H groups in total. The van der Waals surface area contributed by atoms with Gasteiger partial charge in [0.2, 0.25) is 0 Å². The molecule has 2 unspecified atom stereocenters. The molecule has 0 radical (unpaired) electrons. The van der Waals surface area contributed by atoms with Gasteiger partial charge >= 0.3 is 6.09 Å². The van der Waals surface area contributed by atoms with Gasteiger partial charge in [-0.1, -0.05) is 12.8 Å². The molecular weight excluding hydrogens is 320 g/mol. The Morgan fingerprint density at radius 1 is 1.12 bits per heavy atom. The minimum Gasteiger partial charge on any atom is -0.444 e. The van der Waals surface area contributed by atoms with Crippen molar-refractivity contribution in [2.45, 2.75) is 95.9 Å². The van der Waals surface area contributed by atoms with Crippen LogP contribution in [-0.2, 0) is 4.74 Å². The fraction of sp³-hybridized carbons (Fsp3) is 0.947. The molecule has 4 nitrogen and oxygen atoms in total. The van der Waals surface area contributed by atoms with Crippen LogP contribution in [0.1, 0.15) is 72.1 Å². The van der Waals surface area contributed by atoms with Crippen molar-refractivity contribution in [1.29, 1.82) is 0 Å². The zero-order valence-electron chi connectivity index (χ0n) is 16.0. The molecule has 0 aromatic heterocycles. The summed E-state index contributed by atoms with van der Waals surface area (Å²) in [6.07, 6.45) is 11.8. The minimum atomic E-state index is -0.401. The van der Waals surface area contributed by atoms with Crippen molar-refractivity contribution >= 4 is 17.9 Å². The van der Waals surface area contributed by atoms with Crippen molar-refractivity contribution < 1.29 is 9.53 Å². The van der Waals surface area contributed by atoms with Crippen molar-refractivity contribution in [3.05, 3.63) is 0 Å². The summed E-state index contributed by atoms with van der Waals surface area (Å²) in [6.45, 7) is 6.96. The number of unbranched alkanes of at least 4 members (excludes halogenated alkanes) is 3. The van der Waals surface area contributed by atoms with Crippen LogP contribution in [0.15, 0.2) is 0 Å². The predicted molar refractivity (Wildman–Crippen MR) is 103 cm³/mol. The SMILES string of the molecule is CSCCCCCCNC1CC2CCC(C1)N2C(=O)OC(C)(C)C. The number of fused-ring (bicyclic) bond motifs is 2. The number of carbonyl (C=O) groups is 1. The maximum Gasteiger partial charge on any atom is 0.410 e. The lowest BCUT2D eigenvalue weighted by molar-refractivity contribution is 0.00474. The largest absolute Gasteiger partial charge is 0.444 e. The fourth-order valence-electron chi connectivity index (χ4n) is 3.99. The number of nitrogens with one attached hydrogen (secondary N) is 1. The van der Waals surface area contributed by atoms with Gasteiger partial charge in [-0.15, -0.1) is 0 Å². The van der Waals surface area contributed by atoms with Crippen LogP contribution in [0.25, 0.3) is 0 Å². The van der Waals surface area contributed by atoms with Crippen LogP contribution in [0, 0.1) is 0 Å². The Bertz CT molecular complexity index is 383. The van der Waals surface area contributed by atoms with Crippen LogP contribution in [-0.4, -0.2) is 53.3 Å². The molecule has 2 bridgehead atoms. The van der Waals surface area contributed by atoms with E-state index in [1.54, 1.807) is 0 Å². The first-order valence-corrected chi connectivity index (χ1v) is 11.0. The molecule has 2 rings (SSSR count). The van der Waals surface area contributed by atoms with Crippen LogP contribution in [0.5, 0.6) is 0 Å². The van der Waals surface area contributed by atoms with Gasteiger partial charge in [0.25, 0.3) is 0 Å². The zero-order chi connectivity index (χ0) is 17.6. The highest BCUT2D eigenvalue weighted by molar-refractivity contribution is 7.98. The van der Waals surface area contributed by atoms with Gasteiger partial charge in [-0.25, -0.2) is 4.79 Å². The first-order chi connectivity index (χ1) is 11.4. The molecule has 2 aliphatic heterocycles. The summed E-state index contributed by atoms with van der Waals surface area (Å²) >= 11 is 1.94. The number of thioether (sulfide) groups is 1. The fourth-order valence-corrected chi connectivity index (χ4v) is 4.48. The van der Waals surface area contributed by atoms with Crippen molar-refractivity contribution in [2.75, 3.05) is 18.6 Å². The Morgan fingerprint density at radius 2 is 1.75 bits per heavy atom. The van der Waals surface area contributed by atoms with Crippen LogP contribution >= 0.6 is 11.8 Å². The summed E-state index contributed by atoms with van der Waals surface area (Å²) in [7, 11) is 0. The Balaban J connectivity index is 1.68. The van der Waals surface area contributed by atoms with E-state index in [4.69, 9.17) is 4.74 Å². The van der Waals surface area contributed by atoms with Crippen molar-refractivity contribution in [3.8, 4) is 0 Å². The highest BCUT2D eigenvalue weighted by Crippen LogP contribution is 2.36. The Hall–Kier alpha value is -0.420. The molecule has 0 spiro atoms. The quantitative estimate of drug-likeness (QED) is 0.653. The van der Waals surface area contributed by atoms with Gasteiger partial charge in [0.05, 0.1) is 0 Å². The predicted octanol–water partition coefficient (Wildman–Crippen LogP) is 4.43. The highest BCUT2D eigenvalue weighted by atomic mass is 32.2. The highest BCUT2D eigenvalue weighted by Gasteiger charge is 2.44. The number of hydrogen-bond donors (Lipinski definition) is 1. The molecule has 1 amide bonds. The lowest BCUT2D eigenvalue weighted by Gasteiger charge is -2.39. The molecule has 5 heteroatoms. The lowest BCUT2D eigenvalue weighted by Crippen LogP contribution is -2.52. The normalized spacial score (nSPS) is 26.7. The maximum atomic E-state index is 12.4. The van der Waals surface area contributed by atoms with Gasteiger partial charge in [0.15, 0.2) is 0 Å². The molecule has 2 saturated heterocycles. The molecule has 2 heterocycles. The van der Waals surface area contributed by atoms with E-state index in [-0.39, 0.29) is 6.09 Å². The van der Waals surface area contributed by atoms with Crippen LogP contribution in [0.4, 0.5) is 4.79 Å². The van der Waals surface area contributed by atoms with Crippen molar-refractivity contribution in [1.82, 2.24) is 10.2 Å². The van der Waals surface area contributed by atoms with E-state index in [2.05, 4.69) is 11.6 Å². The molecule has 0 aliphatic carbocycles. The first-order valence-electron chi connectivity index (χ1n) is 9.64. The summed E-state index contributed by atoms with van der Waals surface area (Å²) in [6, 6.07) is 1.32. The van der Waals surface area contributed by atoms with Crippen LogP contribution < -0.4 is 5.32 Å². The number of amides is 1. The number of nitrogens with zero attached hydrogens (tertiary/aromatic N) is 1. The van der Waals surface area contributed by atoms with Crippen LogP contribution in [0.3, 0.4) is 0 Å². The number of carbonyl (C=O) groups excluding carboxylic acids is 1.